The standard InChI is InChI=1S/C8H8BrFO3S/c1-13-8-6(9)3-5(10)4-7(8)14(2,11)12/h3-4H,1-2H3. The van der Waals surface area contributed by atoms with E-state index in [-0.39, 0.29) is 15.1 Å². The van der Waals surface area contributed by atoms with E-state index in [1.54, 1.807) is 0 Å². The van der Waals surface area contributed by atoms with Gasteiger partial charge in [0.2, 0.25) is 0 Å². The first-order valence-corrected chi connectivity index (χ1v) is 6.28. The molecule has 14 heavy (non-hydrogen) atoms. The SMILES string of the molecule is COc1c(Br)cc(F)cc1S(C)(=O)=O. The van der Waals surface area contributed by atoms with Crippen molar-refractivity contribution >= 4 is 25.8 Å². The van der Waals surface area contributed by atoms with Gasteiger partial charge in [-0.1, -0.05) is 0 Å². The van der Waals surface area contributed by atoms with Crippen LogP contribution in [0.5, 0.6) is 5.75 Å². The fourth-order valence-corrected chi connectivity index (χ4v) is 2.59. The fraction of sp³-hybridized carbons (Fsp3) is 0.250. The van der Waals surface area contributed by atoms with E-state index >= 15 is 0 Å². The van der Waals surface area contributed by atoms with Crippen molar-refractivity contribution in [2.75, 3.05) is 13.4 Å². The van der Waals surface area contributed by atoms with E-state index in [9.17, 15) is 12.8 Å². The van der Waals surface area contributed by atoms with E-state index in [2.05, 4.69) is 15.9 Å². The van der Waals surface area contributed by atoms with Crippen molar-refractivity contribution in [2.24, 2.45) is 0 Å². The lowest BCUT2D eigenvalue weighted by Gasteiger charge is -2.08. The molecule has 1 rings (SSSR count). The molecule has 0 aromatic heterocycles. The van der Waals surface area contributed by atoms with E-state index < -0.39 is 15.7 Å². The summed E-state index contributed by atoms with van der Waals surface area (Å²) in [6.07, 6.45) is 0.997. The van der Waals surface area contributed by atoms with Crippen molar-refractivity contribution in [3.8, 4) is 5.75 Å². The van der Waals surface area contributed by atoms with E-state index in [0.29, 0.717) is 0 Å². The topological polar surface area (TPSA) is 43.4 Å². The molecular formula is C8H8BrFO3S. The van der Waals surface area contributed by atoms with Gasteiger partial charge in [0.25, 0.3) is 0 Å². The van der Waals surface area contributed by atoms with Gasteiger partial charge in [0.15, 0.2) is 15.6 Å². The van der Waals surface area contributed by atoms with Gasteiger partial charge >= 0.3 is 0 Å². The number of ether oxygens (including phenoxy) is 1. The first-order valence-electron chi connectivity index (χ1n) is 3.59. The second kappa shape index (κ2) is 3.86. The Labute approximate surface area is 89.9 Å². The van der Waals surface area contributed by atoms with Gasteiger partial charge in [-0.05, 0) is 28.1 Å². The highest BCUT2D eigenvalue weighted by molar-refractivity contribution is 9.10. The minimum absolute atomic E-state index is 0.119. The maximum absolute atomic E-state index is 12.9. The van der Waals surface area contributed by atoms with Gasteiger partial charge in [-0.25, -0.2) is 12.8 Å². The summed E-state index contributed by atoms with van der Waals surface area (Å²) >= 11 is 3.02. The molecule has 78 valence electrons. The normalized spacial score (nSPS) is 11.4. The summed E-state index contributed by atoms with van der Waals surface area (Å²) < 4.78 is 40.6. The van der Waals surface area contributed by atoms with Crippen LogP contribution < -0.4 is 4.74 Å². The predicted molar refractivity (Wildman–Crippen MR) is 53.8 cm³/mol. The van der Waals surface area contributed by atoms with Gasteiger partial charge < -0.3 is 4.74 Å². The molecule has 0 aliphatic heterocycles. The van der Waals surface area contributed by atoms with Crippen LogP contribution in [0.15, 0.2) is 21.5 Å². The summed E-state index contributed by atoms with van der Waals surface area (Å²) in [7, 11) is -2.16. The molecule has 0 aliphatic rings. The van der Waals surface area contributed by atoms with Crippen molar-refractivity contribution in [1.29, 1.82) is 0 Å². The Bertz CT molecular complexity index is 456. The molecule has 0 saturated carbocycles. The smallest absolute Gasteiger partial charge is 0.179 e. The Kier molecular flexibility index (Phi) is 3.16. The van der Waals surface area contributed by atoms with E-state index in [1.807, 2.05) is 0 Å². The van der Waals surface area contributed by atoms with Gasteiger partial charge in [0.05, 0.1) is 11.6 Å². The first kappa shape index (κ1) is 11.5. The van der Waals surface area contributed by atoms with Gasteiger partial charge in [0, 0.05) is 6.26 Å². The van der Waals surface area contributed by atoms with E-state index in [0.717, 1.165) is 18.4 Å². The number of hydrogen-bond acceptors (Lipinski definition) is 3. The van der Waals surface area contributed by atoms with Gasteiger partial charge in [-0.15, -0.1) is 0 Å². The predicted octanol–water partition coefficient (Wildman–Crippen LogP) is 2.00. The van der Waals surface area contributed by atoms with Gasteiger partial charge in [-0.3, -0.25) is 0 Å². The molecule has 0 saturated heterocycles. The zero-order valence-corrected chi connectivity index (χ0v) is 9.95. The molecule has 0 aliphatic carbocycles. The molecule has 0 amide bonds. The van der Waals surface area contributed by atoms with E-state index in [1.165, 1.54) is 7.11 Å². The lowest BCUT2D eigenvalue weighted by molar-refractivity contribution is 0.398. The van der Waals surface area contributed by atoms with Crippen molar-refractivity contribution in [2.45, 2.75) is 4.90 Å². The lowest BCUT2D eigenvalue weighted by atomic mass is 10.3. The Balaban J connectivity index is 3.56. The molecule has 1 aromatic carbocycles. The monoisotopic (exact) mass is 282 g/mol. The number of benzene rings is 1. The molecule has 0 bridgehead atoms. The Morgan fingerprint density at radius 2 is 2.00 bits per heavy atom. The Morgan fingerprint density at radius 3 is 2.43 bits per heavy atom. The fourth-order valence-electron chi connectivity index (χ4n) is 1.01. The molecule has 0 radical (unpaired) electrons. The zero-order chi connectivity index (χ0) is 10.9. The third kappa shape index (κ3) is 2.24. The van der Waals surface area contributed by atoms with Crippen LogP contribution in [-0.4, -0.2) is 21.8 Å². The zero-order valence-electron chi connectivity index (χ0n) is 7.54. The third-order valence-electron chi connectivity index (χ3n) is 1.58. The second-order valence-corrected chi connectivity index (χ2v) is 5.53. The maximum atomic E-state index is 12.9. The molecule has 0 atom stereocenters. The summed E-state index contributed by atoms with van der Waals surface area (Å²) in [5, 5.41) is 0. The highest BCUT2D eigenvalue weighted by Crippen LogP contribution is 2.33. The molecule has 0 heterocycles. The minimum atomic E-state index is -3.49. The van der Waals surface area contributed by atoms with E-state index in [4.69, 9.17) is 4.74 Å². The minimum Gasteiger partial charge on any atom is -0.494 e. The highest BCUT2D eigenvalue weighted by Gasteiger charge is 2.18. The van der Waals surface area contributed by atoms with Crippen molar-refractivity contribution in [3.63, 3.8) is 0 Å². The van der Waals surface area contributed by atoms with Crippen LogP contribution in [0.3, 0.4) is 0 Å². The largest absolute Gasteiger partial charge is 0.494 e. The quantitative estimate of drug-likeness (QED) is 0.833. The number of methoxy groups -OCH3 is 1. The maximum Gasteiger partial charge on any atom is 0.179 e. The number of rotatable bonds is 2. The van der Waals surface area contributed by atoms with Crippen LogP contribution in [0.25, 0.3) is 0 Å². The van der Waals surface area contributed by atoms with Crippen molar-refractivity contribution in [1.82, 2.24) is 0 Å². The van der Waals surface area contributed by atoms with Gasteiger partial charge in [-0.2, -0.15) is 0 Å². The molecule has 6 heteroatoms. The third-order valence-corrected chi connectivity index (χ3v) is 3.27. The lowest BCUT2D eigenvalue weighted by Crippen LogP contribution is -2.02. The van der Waals surface area contributed by atoms with Crippen molar-refractivity contribution in [3.05, 3.63) is 22.4 Å². The number of halogens is 2. The highest BCUT2D eigenvalue weighted by atomic mass is 79.9. The Hall–Kier alpha value is -0.620. The molecule has 3 nitrogen and oxygen atoms in total. The molecule has 0 unspecified atom stereocenters. The Morgan fingerprint density at radius 1 is 1.43 bits per heavy atom. The molecule has 1 aromatic rings. The average Bonchev–Trinajstić information content (AvgIpc) is 2.01. The summed E-state index contributed by atoms with van der Waals surface area (Å²) in [5.74, 6) is -0.507. The molecule has 0 fully saturated rings. The van der Waals surface area contributed by atoms with Crippen LogP contribution in [0.1, 0.15) is 0 Å². The number of hydrogen-bond donors (Lipinski definition) is 0. The summed E-state index contributed by atoms with van der Waals surface area (Å²) in [5.41, 5.74) is 0. The molecular weight excluding hydrogens is 275 g/mol. The summed E-state index contributed by atoms with van der Waals surface area (Å²) in [6.45, 7) is 0. The first-order chi connectivity index (χ1) is 6.36. The number of sulfone groups is 1. The van der Waals surface area contributed by atoms with Gasteiger partial charge in [0.1, 0.15) is 10.7 Å². The van der Waals surface area contributed by atoms with Crippen LogP contribution in [0.4, 0.5) is 4.39 Å². The molecule has 0 N–H and O–H groups in total. The van der Waals surface area contributed by atoms with Crippen LogP contribution in [0.2, 0.25) is 0 Å². The average molecular weight is 283 g/mol. The van der Waals surface area contributed by atoms with Crippen LogP contribution >= 0.6 is 15.9 Å². The van der Waals surface area contributed by atoms with Crippen LogP contribution in [-0.2, 0) is 9.84 Å². The second-order valence-electron chi connectivity index (χ2n) is 2.69. The van der Waals surface area contributed by atoms with Crippen LogP contribution in [0, 0.1) is 5.82 Å². The summed E-state index contributed by atoms with van der Waals surface area (Å²) in [6, 6.07) is 2.08. The van der Waals surface area contributed by atoms with Crippen molar-refractivity contribution < 1.29 is 17.5 Å². The molecule has 0 spiro atoms. The summed E-state index contributed by atoms with van der Waals surface area (Å²) in [4.78, 5) is -0.160.